The highest BCUT2D eigenvalue weighted by atomic mass is 14.9. The molecule has 0 aliphatic heterocycles. The first kappa shape index (κ1) is 19.3. The van der Waals surface area contributed by atoms with Gasteiger partial charge in [0.15, 0.2) is 0 Å². The quantitative estimate of drug-likeness (QED) is 0.373. The van der Waals surface area contributed by atoms with Gasteiger partial charge in [-0.15, -0.1) is 0 Å². The number of pyridine rings is 2. The number of aryl methyl sites for hydroxylation is 3. The summed E-state index contributed by atoms with van der Waals surface area (Å²) in [6.07, 6.45) is 2.02. The topological polar surface area (TPSA) is 16.8 Å². The van der Waals surface area contributed by atoms with E-state index in [2.05, 4.69) is 101 Å². The zero-order valence-electron chi connectivity index (χ0n) is 18.2. The van der Waals surface area contributed by atoms with Crippen LogP contribution in [0.15, 0.2) is 60.8 Å². The van der Waals surface area contributed by atoms with Gasteiger partial charge in [-0.3, -0.25) is 4.98 Å². The molecule has 0 amide bonds. The lowest BCUT2D eigenvalue weighted by molar-refractivity contribution is -0.633. The molecule has 0 radical (unpaired) electrons. The van der Waals surface area contributed by atoms with E-state index in [0.29, 0.717) is 5.92 Å². The summed E-state index contributed by atoms with van der Waals surface area (Å²) in [5, 5.41) is 1.23. The molecule has 0 N–H and O–H groups in total. The molecule has 2 heterocycles. The van der Waals surface area contributed by atoms with E-state index in [1.807, 2.05) is 6.20 Å². The zero-order valence-corrected chi connectivity index (χ0v) is 18.2. The molecular formula is C27H29N2+. The van der Waals surface area contributed by atoms with Crippen molar-refractivity contribution in [2.24, 2.45) is 7.05 Å². The highest BCUT2D eigenvalue weighted by Crippen LogP contribution is 2.34. The number of hydrogen-bond donors (Lipinski definition) is 0. The molecule has 146 valence electrons. The summed E-state index contributed by atoms with van der Waals surface area (Å²) in [5.74, 6) is 0.477. The van der Waals surface area contributed by atoms with Crippen LogP contribution in [0, 0.1) is 20.8 Å². The zero-order chi connectivity index (χ0) is 20.7. The third-order valence-corrected chi connectivity index (χ3v) is 5.98. The van der Waals surface area contributed by atoms with Gasteiger partial charge in [-0.05, 0) is 67.6 Å². The number of nitrogens with zero attached hydrogens (tertiary/aromatic N) is 2. The molecule has 0 aliphatic rings. The first-order valence-electron chi connectivity index (χ1n) is 10.3. The third-order valence-electron chi connectivity index (χ3n) is 5.98. The molecule has 0 unspecified atom stereocenters. The van der Waals surface area contributed by atoms with Crippen LogP contribution in [0.3, 0.4) is 0 Å². The van der Waals surface area contributed by atoms with Gasteiger partial charge in [0, 0.05) is 17.6 Å². The van der Waals surface area contributed by atoms with E-state index in [1.165, 1.54) is 50.0 Å². The lowest BCUT2D eigenvalue weighted by Gasteiger charge is -2.14. The first-order chi connectivity index (χ1) is 13.9. The molecular weight excluding hydrogens is 352 g/mol. The number of benzene rings is 2. The number of hydrogen-bond acceptors (Lipinski definition) is 1. The van der Waals surface area contributed by atoms with E-state index in [4.69, 9.17) is 4.98 Å². The summed E-state index contributed by atoms with van der Waals surface area (Å²) in [7, 11) is 2.17. The van der Waals surface area contributed by atoms with Crippen LogP contribution in [-0.4, -0.2) is 4.98 Å². The Balaban J connectivity index is 2.07. The van der Waals surface area contributed by atoms with E-state index in [9.17, 15) is 0 Å². The Morgan fingerprint density at radius 2 is 1.62 bits per heavy atom. The number of fused-ring (bicyclic) bond motifs is 1. The van der Waals surface area contributed by atoms with E-state index >= 15 is 0 Å². The van der Waals surface area contributed by atoms with Crippen LogP contribution < -0.4 is 4.57 Å². The minimum atomic E-state index is 0.477. The second-order valence-corrected chi connectivity index (χ2v) is 8.41. The van der Waals surface area contributed by atoms with E-state index in [-0.39, 0.29) is 0 Å². The van der Waals surface area contributed by atoms with Crippen LogP contribution in [0.1, 0.15) is 42.0 Å². The molecule has 0 saturated heterocycles. The van der Waals surface area contributed by atoms with E-state index in [0.717, 1.165) is 5.69 Å². The van der Waals surface area contributed by atoms with Crippen LogP contribution in [0.25, 0.3) is 33.4 Å². The normalized spacial score (nSPS) is 11.4. The summed E-state index contributed by atoms with van der Waals surface area (Å²) in [5.41, 5.74) is 11.1. The van der Waals surface area contributed by atoms with Crippen LogP contribution in [0.4, 0.5) is 0 Å². The standard InChI is InChI=1S/C27H29N2/c1-17(2)22-11-12-25(28-16-22)24-15-21-9-7-8-10-26(21)29(6)27(24)23-14-18(3)13-19(4)20(23)5/h7-17H,1-6H3/q+1. The summed E-state index contributed by atoms with van der Waals surface area (Å²) in [6.45, 7) is 11.0. The van der Waals surface area contributed by atoms with Gasteiger partial charge in [-0.25, -0.2) is 0 Å². The molecule has 0 saturated carbocycles. The molecule has 2 heteroatoms. The van der Waals surface area contributed by atoms with Gasteiger partial charge in [-0.1, -0.05) is 43.7 Å². The lowest BCUT2D eigenvalue weighted by atomic mass is 9.92. The van der Waals surface area contributed by atoms with Gasteiger partial charge in [0.2, 0.25) is 11.2 Å². The van der Waals surface area contributed by atoms with Crippen molar-refractivity contribution in [1.29, 1.82) is 0 Å². The van der Waals surface area contributed by atoms with Crippen molar-refractivity contribution < 1.29 is 4.57 Å². The molecule has 0 spiro atoms. The lowest BCUT2D eigenvalue weighted by Crippen LogP contribution is -2.33. The predicted molar refractivity (Wildman–Crippen MR) is 122 cm³/mol. The van der Waals surface area contributed by atoms with Gasteiger partial charge in [0.25, 0.3) is 0 Å². The van der Waals surface area contributed by atoms with Crippen molar-refractivity contribution in [2.45, 2.75) is 40.5 Å². The van der Waals surface area contributed by atoms with Gasteiger partial charge in [-0.2, -0.15) is 4.57 Å². The Morgan fingerprint density at radius 3 is 2.31 bits per heavy atom. The number of para-hydroxylation sites is 1. The van der Waals surface area contributed by atoms with Crippen LogP contribution in [0.5, 0.6) is 0 Å². The average Bonchev–Trinajstić information content (AvgIpc) is 2.71. The molecule has 4 aromatic rings. The second-order valence-electron chi connectivity index (χ2n) is 8.41. The monoisotopic (exact) mass is 381 g/mol. The Morgan fingerprint density at radius 1 is 0.862 bits per heavy atom. The van der Waals surface area contributed by atoms with Crippen LogP contribution in [-0.2, 0) is 7.05 Å². The fraction of sp³-hybridized carbons (Fsp3) is 0.259. The summed E-state index contributed by atoms with van der Waals surface area (Å²) >= 11 is 0. The van der Waals surface area contributed by atoms with Crippen LogP contribution in [0.2, 0.25) is 0 Å². The van der Waals surface area contributed by atoms with E-state index < -0.39 is 0 Å². The Hall–Kier alpha value is -3.00. The maximum atomic E-state index is 4.87. The fourth-order valence-corrected chi connectivity index (χ4v) is 4.15. The van der Waals surface area contributed by atoms with Gasteiger partial charge < -0.3 is 0 Å². The number of aromatic nitrogens is 2. The van der Waals surface area contributed by atoms with Crippen LogP contribution >= 0.6 is 0 Å². The Bertz CT molecular complexity index is 1200. The molecule has 2 aromatic carbocycles. The minimum Gasteiger partial charge on any atom is -0.256 e. The predicted octanol–water partition coefficient (Wildman–Crippen LogP) is 6.44. The number of rotatable bonds is 3. The highest BCUT2D eigenvalue weighted by Gasteiger charge is 2.24. The van der Waals surface area contributed by atoms with Crippen molar-refractivity contribution in [3.05, 3.63) is 83.0 Å². The smallest absolute Gasteiger partial charge is 0.222 e. The van der Waals surface area contributed by atoms with Crippen molar-refractivity contribution in [2.75, 3.05) is 0 Å². The Labute approximate surface area is 173 Å². The average molecular weight is 382 g/mol. The molecule has 0 bridgehead atoms. The van der Waals surface area contributed by atoms with Crippen molar-refractivity contribution in [1.82, 2.24) is 4.98 Å². The molecule has 0 aliphatic carbocycles. The maximum Gasteiger partial charge on any atom is 0.222 e. The highest BCUT2D eigenvalue weighted by molar-refractivity contribution is 5.88. The molecule has 0 fully saturated rings. The maximum absolute atomic E-state index is 4.87. The summed E-state index contributed by atoms with van der Waals surface area (Å²) < 4.78 is 2.32. The van der Waals surface area contributed by atoms with Gasteiger partial charge in [0.1, 0.15) is 7.05 Å². The SMILES string of the molecule is Cc1cc(C)c(C)c(-c2c(-c3ccc(C(C)C)cn3)cc3ccccc3[n+]2C)c1. The van der Waals surface area contributed by atoms with Gasteiger partial charge in [0.05, 0.1) is 16.8 Å². The summed E-state index contributed by atoms with van der Waals surface area (Å²) in [4.78, 5) is 4.87. The molecule has 0 atom stereocenters. The minimum absolute atomic E-state index is 0.477. The second kappa shape index (κ2) is 7.44. The summed E-state index contributed by atoms with van der Waals surface area (Å²) in [6, 6.07) is 19.8. The molecule has 2 aromatic heterocycles. The molecule has 4 rings (SSSR count). The molecule has 29 heavy (non-hydrogen) atoms. The fourth-order valence-electron chi connectivity index (χ4n) is 4.15. The van der Waals surface area contributed by atoms with Gasteiger partial charge >= 0.3 is 0 Å². The van der Waals surface area contributed by atoms with E-state index in [1.54, 1.807) is 0 Å². The molecule has 2 nitrogen and oxygen atoms in total. The van der Waals surface area contributed by atoms with Crippen molar-refractivity contribution in [3.8, 4) is 22.5 Å². The van der Waals surface area contributed by atoms with Crippen molar-refractivity contribution in [3.63, 3.8) is 0 Å². The first-order valence-corrected chi connectivity index (χ1v) is 10.3. The third kappa shape index (κ3) is 3.44. The Kier molecular flexibility index (Phi) is 4.96. The largest absolute Gasteiger partial charge is 0.256 e. The van der Waals surface area contributed by atoms with Crippen molar-refractivity contribution >= 4 is 10.9 Å².